The average molecular weight is 336 g/mol. The molecule has 24 heavy (non-hydrogen) atoms. The number of hydrogen-bond donors (Lipinski definition) is 2. The maximum absolute atomic E-state index is 11.8. The Morgan fingerprint density at radius 2 is 2.08 bits per heavy atom. The number of ether oxygens (including phenoxy) is 3. The van der Waals surface area contributed by atoms with Gasteiger partial charge in [-0.2, -0.15) is 0 Å². The molecule has 1 aliphatic rings. The lowest BCUT2D eigenvalue weighted by molar-refractivity contribution is -0.156. The van der Waals surface area contributed by atoms with Crippen molar-refractivity contribution < 1.29 is 28.6 Å². The predicted octanol–water partition coefficient (Wildman–Crippen LogP) is 0.906. The summed E-state index contributed by atoms with van der Waals surface area (Å²) in [7, 11) is 0. The number of urea groups is 1. The molecule has 0 radical (unpaired) electrons. The fourth-order valence-corrected chi connectivity index (χ4v) is 2.35. The maximum Gasteiger partial charge on any atom is 0.344 e. The van der Waals surface area contributed by atoms with E-state index in [1.54, 1.807) is 6.07 Å². The van der Waals surface area contributed by atoms with Crippen LogP contribution in [0.1, 0.15) is 26.3 Å². The first kappa shape index (κ1) is 17.6. The van der Waals surface area contributed by atoms with Crippen LogP contribution in [0.5, 0.6) is 11.5 Å². The summed E-state index contributed by atoms with van der Waals surface area (Å²) in [6, 6.07) is 4.42. The molecule has 130 valence electrons. The number of primary amides is 1. The lowest BCUT2D eigenvalue weighted by atomic mass is 10.0. The van der Waals surface area contributed by atoms with Gasteiger partial charge in [-0.3, -0.25) is 10.1 Å². The molecule has 8 nitrogen and oxygen atoms in total. The molecule has 1 aromatic carbocycles. The second-order valence-electron chi connectivity index (χ2n) is 6.06. The molecule has 1 unspecified atom stereocenters. The van der Waals surface area contributed by atoms with Gasteiger partial charge in [0.05, 0.1) is 0 Å². The first-order valence-electron chi connectivity index (χ1n) is 7.41. The van der Waals surface area contributed by atoms with E-state index in [2.05, 4.69) is 0 Å². The van der Waals surface area contributed by atoms with Gasteiger partial charge in [-0.25, -0.2) is 9.59 Å². The highest BCUT2D eigenvalue weighted by molar-refractivity contribution is 5.96. The zero-order valence-electron chi connectivity index (χ0n) is 13.8. The van der Waals surface area contributed by atoms with Gasteiger partial charge in [0.15, 0.2) is 24.2 Å². The minimum absolute atomic E-state index is 0.330. The number of imide groups is 1. The number of amides is 3. The van der Waals surface area contributed by atoms with Gasteiger partial charge in [-0.1, -0.05) is 12.1 Å². The smallest absolute Gasteiger partial charge is 0.344 e. The highest BCUT2D eigenvalue weighted by Crippen LogP contribution is 2.41. The summed E-state index contributed by atoms with van der Waals surface area (Å²) >= 11 is 0. The second-order valence-corrected chi connectivity index (χ2v) is 6.06. The van der Waals surface area contributed by atoms with Crippen molar-refractivity contribution in [3.05, 3.63) is 23.8 Å². The molecule has 0 saturated carbocycles. The second kappa shape index (κ2) is 6.77. The fraction of sp³-hybridized carbons (Fsp3) is 0.438. The van der Waals surface area contributed by atoms with Crippen LogP contribution in [0, 0.1) is 0 Å². The molecule has 1 heterocycles. The van der Waals surface area contributed by atoms with Crippen LogP contribution in [0.4, 0.5) is 4.79 Å². The molecule has 0 aromatic heterocycles. The topological polar surface area (TPSA) is 117 Å². The normalized spacial score (nSPS) is 15.6. The Morgan fingerprint density at radius 1 is 1.38 bits per heavy atom. The molecule has 3 N–H and O–H groups in total. The number of carbonyl (C=O) groups is 3. The van der Waals surface area contributed by atoms with E-state index in [1.807, 2.05) is 31.3 Å². The number of para-hydroxylation sites is 1. The SMILES string of the molecule is CC(OC(=O)COc1cccc2c1OC(C)(C)C2)C(=O)NC(N)=O. The molecule has 1 aromatic rings. The van der Waals surface area contributed by atoms with Gasteiger partial charge in [0.2, 0.25) is 0 Å². The third-order valence-corrected chi connectivity index (χ3v) is 3.32. The molecule has 2 rings (SSSR count). The predicted molar refractivity (Wildman–Crippen MR) is 83.6 cm³/mol. The standard InChI is InChI=1S/C16H20N2O6/c1-9(14(20)18-15(17)21)23-12(19)8-22-11-6-4-5-10-7-16(2,3)24-13(10)11/h4-6,9H,7-8H2,1-3H3,(H3,17,18,20,21). The van der Waals surface area contributed by atoms with Crippen molar-refractivity contribution in [2.45, 2.75) is 38.9 Å². The van der Waals surface area contributed by atoms with Crippen LogP contribution in [-0.4, -0.2) is 36.2 Å². The van der Waals surface area contributed by atoms with Crippen LogP contribution in [0.15, 0.2) is 18.2 Å². The van der Waals surface area contributed by atoms with Gasteiger partial charge in [0.25, 0.3) is 5.91 Å². The summed E-state index contributed by atoms with van der Waals surface area (Å²) in [5.74, 6) is -0.516. The molecule has 3 amide bonds. The average Bonchev–Trinajstić information content (AvgIpc) is 2.78. The molecule has 0 saturated heterocycles. The van der Waals surface area contributed by atoms with E-state index < -0.39 is 30.6 Å². The Labute approximate surface area is 139 Å². The van der Waals surface area contributed by atoms with Gasteiger partial charge < -0.3 is 19.9 Å². The van der Waals surface area contributed by atoms with Crippen molar-refractivity contribution in [2.75, 3.05) is 6.61 Å². The Hall–Kier alpha value is -2.77. The van der Waals surface area contributed by atoms with Crippen LogP contribution in [0.3, 0.4) is 0 Å². The summed E-state index contributed by atoms with van der Waals surface area (Å²) in [6.45, 7) is 4.85. The molecule has 8 heteroatoms. The monoisotopic (exact) mass is 336 g/mol. The Balaban J connectivity index is 1.91. The van der Waals surface area contributed by atoms with E-state index >= 15 is 0 Å². The molecule has 0 fully saturated rings. The van der Waals surface area contributed by atoms with Crippen molar-refractivity contribution in [1.29, 1.82) is 0 Å². The van der Waals surface area contributed by atoms with Gasteiger partial charge >= 0.3 is 12.0 Å². The van der Waals surface area contributed by atoms with Crippen molar-refractivity contribution in [2.24, 2.45) is 5.73 Å². The zero-order valence-corrected chi connectivity index (χ0v) is 13.8. The van der Waals surface area contributed by atoms with Crippen LogP contribution in [0.2, 0.25) is 0 Å². The number of nitrogens with two attached hydrogens (primary N) is 1. The molecular formula is C16H20N2O6. The number of benzene rings is 1. The van der Waals surface area contributed by atoms with Gasteiger partial charge in [-0.15, -0.1) is 0 Å². The third kappa shape index (κ3) is 4.37. The Bertz CT molecular complexity index is 671. The van der Waals surface area contributed by atoms with Crippen molar-refractivity contribution >= 4 is 17.9 Å². The first-order valence-corrected chi connectivity index (χ1v) is 7.41. The lowest BCUT2D eigenvalue weighted by Crippen LogP contribution is -2.42. The summed E-state index contributed by atoms with van der Waals surface area (Å²) < 4.78 is 16.1. The van der Waals surface area contributed by atoms with Gasteiger partial charge in [-0.05, 0) is 26.8 Å². The lowest BCUT2D eigenvalue weighted by Gasteiger charge is -2.18. The molecule has 0 aliphatic carbocycles. The number of esters is 1. The number of fused-ring (bicyclic) bond motifs is 1. The molecule has 1 aliphatic heterocycles. The van der Waals surface area contributed by atoms with E-state index in [-0.39, 0.29) is 5.60 Å². The quantitative estimate of drug-likeness (QED) is 0.772. The van der Waals surface area contributed by atoms with Gasteiger partial charge in [0, 0.05) is 12.0 Å². The highest BCUT2D eigenvalue weighted by atomic mass is 16.6. The zero-order chi connectivity index (χ0) is 17.9. The highest BCUT2D eigenvalue weighted by Gasteiger charge is 2.32. The maximum atomic E-state index is 11.8. The van der Waals surface area contributed by atoms with E-state index in [9.17, 15) is 14.4 Å². The molecule has 0 bridgehead atoms. The molecule has 1 atom stereocenters. The van der Waals surface area contributed by atoms with Crippen LogP contribution in [-0.2, 0) is 20.7 Å². The van der Waals surface area contributed by atoms with Crippen molar-refractivity contribution in [3.8, 4) is 11.5 Å². The summed E-state index contributed by atoms with van der Waals surface area (Å²) in [5, 5.41) is 1.83. The number of nitrogens with one attached hydrogen (secondary N) is 1. The summed E-state index contributed by atoms with van der Waals surface area (Å²) in [4.78, 5) is 33.8. The molecular weight excluding hydrogens is 316 g/mol. The van der Waals surface area contributed by atoms with E-state index in [0.29, 0.717) is 11.5 Å². The minimum Gasteiger partial charge on any atom is -0.483 e. The Morgan fingerprint density at radius 3 is 2.75 bits per heavy atom. The van der Waals surface area contributed by atoms with Crippen molar-refractivity contribution in [1.82, 2.24) is 5.32 Å². The van der Waals surface area contributed by atoms with Crippen LogP contribution in [0.25, 0.3) is 0 Å². The minimum atomic E-state index is -1.16. The van der Waals surface area contributed by atoms with Crippen LogP contribution >= 0.6 is 0 Å². The molecule has 0 spiro atoms. The first-order chi connectivity index (χ1) is 11.2. The number of hydrogen-bond acceptors (Lipinski definition) is 6. The Kier molecular flexibility index (Phi) is 4.96. The fourth-order valence-electron chi connectivity index (χ4n) is 2.35. The van der Waals surface area contributed by atoms with Crippen LogP contribution < -0.4 is 20.5 Å². The summed E-state index contributed by atoms with van der Waals surface area (Å²) in [5.41, 5.74) is 5.49. The largest absolute Gasteiger partial charge is 0.483 e. The number of rotatable bonds is 5. The van der Waals surface area contributed by atoms with E-state index in [0.717, 1.165) is 12.0 Å². The number of carbonyl (C=O) groups excluding carboxylic acids is 3. The third-order valence-electron chi connectivity index (χ3n) is 3.32. The van der Waals surface area contributed by atoms with Crippen molar-refractivity contribution in [3.63, 3.8) is 0 Å². The summed E-state index contributed by atoms with van der Waals surface area (Å²) in [6.07, 6.45) is -0.417. The van der Waals surface area contributed by atoms with Gasteiger partial charge in [0.1, 0.15) is 5.60 Å². The van der Waals surface area contributed by atoms with E-state index in [1.165, 1.54) is 6.92 Å². The van der Waals surface area contributed by atoms with E-state index in [4.69, 9.17) is 19.9 Å².